The normalized spacial score (nSPS) is 16.1. The van der Waals surface area contributed by atoms with E-state index in [1.54, 1.807) is 12.1 Å². The fourth-order valence-electron chi connectivity index (χ4n) is 2.17. The van der Waals surface area contributed by atoms with Crippen LogP contribution in [0.25, 0.3) is 6.08 Å². The third-order valence-corrected chi connectivity index (χ3v) is 4.21. The molecule has 2 amide bonds. The predicted octanol–water partition coefficient (Wildman–Crippen LogP) is 3.71. The molecule has 1 fully saturated rings. The molecule has 1 aliphatic rings. The van der Waals surface area contributed by atoms with Gasteiger partial charge in [-0.1, -0.05) is 32.0 Å². The first-order valence-corrected chi connectivity index (χ1v) is 9.26. The number of para-hydroxylation sites is 1. The molecule has 0 spiro atoms. The molecule has 0 atom stereocenters. The van der Waals surface area contributed by atoms with Crippen LogP contribution in [0.5, 0.6) is 5.75 Å². The minimum Gasteiger partial charge on any atom is -0.490 e. The van der Waals surface area contributed by atoms with E-state index in [9.17, 15) is 14.4 Å². The predicted molar refractivity (Wildman–Crippen MR) is 101 cm³/mol. The van der Waals surface area contributed by atoms with E-state index in [4.69, 9.17) is 9.47 Å². The van der Waals surface area contributed by atoms with E-state index in [0.717, 1.165) is 16.7 Å². The van der Waals surface area contributed by atoms with Crippen LogP contribution >= 0.6 is 11.8 Å². The summed E-state index contributed by atoms with van der Waals surface area (Å²) in [6.45, 7) is 7.52. The molecule has 1 aromatic rings. The van der Waals surface area contributed by atoms with Crippen LogP contribution in [0.1, 0.15) is 33.3 Å². The van der Waals surface area contributed by atoms with E-state index in [2.05, 4.69) is 0 Å². The summed E-state index contributed by atoms with van der Waals surface area (Å²) in [5, 5.41) is -0.481. The Kier molecular flexibility index (Phi) is 6.85. The Hall–Kier alpha value is -2.28. The van der Waals surface area contributed by atoms with E-state index in [-0.39, 0.29) is 30.1 Å². The Balaban J connectivity index is 2.13. The van der Waals surface area contributed by atoms with Gasteiger partial charge in [0, 0.05) is 5.56 Å². The van der Waals surface area contributed by atoms with Gasteiger partial charge in [-0.2, -0.15) is 0 Å². The highest BCUT2D eigenvalue weighted by Gasteiger charge is 2.36. The van der Waals surface area contributed by atoms with Crippen LogP contribution in [-0.4, -0.2) is 41.3 Å². The van der Waals surface area contributed by atoms with E-state index < -0.39 is 17.1 Å². The van der Waals surface area contributed by atoms with Gasteiger partial charge in [0.1, 0.15) is 12.3 Å². The zero-order valence-electron chi connectivity index (χ0n) is 15.4. The smallest absolute Gasteiger partial charge is 0.326 e. The zero-order chi connectivity index (χ0) is 19.3. The van der Waals surface area contributed by atoms with E-state index >= 15 is 0 Å². The molecule has 7 heteroatoms. The van der Waals surface area contributed by atoms with Gasteiger partial charge in [-0.05, 0) is 43.7 Å². The Morgan fingerprint density at radius 3 is 2.54 bits per heavy atom. The van der Waals surface area contributed by atoms with Crippen molar-refractivity contribution in [1.29, 1.82) is 0 Å². The van der Waals surface area contributed by atoms with E-state index in [0.29, 0.717) is 11.3 Å². The Morgan fingerprint density at radius 2 is 1.88 bits per heavy atom. The lowest BCUT2D eigenvalue weighted by Crippen LogP contribution is -2.34. The second kappa shape index (κ2) is 8.89. The summed E-state index contributed by atoms with van der Waals surface area (Å²) >= 11 is 0.806. The standard InChI is InChI=1S/C19H23NO5S/c1-12(2)11-24-17(21)10-20-18(22)16(26-19(20)23)9-14-7-5-6-8-15(14)25-13(3)4/h5-9,12-13H,10-11H2,1-4H3/b16-9-. The lowest BCUT2D eigenvalue weighted by molar-refractivity contribution is -0.147. The van der Waals surface area contributed by atoms with Gasteiger partial charge in [0.05, 0.1) is 17.6 Å². The van der Waals surface area contributed by atoms with E-state index in [1.165, 1.54) is 0 Å². The second-order valence-corrected chi connectivity index (χ2v) is 7.54. The van der Waals surface area contributed by atoms with Gasteiger partial charge in [-0.25, -0.2) is 0 Å². The van der Waals surface area contributed by atoms with Crippen molar-refractivity contribution in [3.63, 3.8) is 0 Å². The quantitative estimate of drug-likeness (QED) is 0.533. The summed E-state index contributed by atoms with van der Waals surface area (Å²) in [6, 6.07) is 7.28. The molecule has 6 nitrogen and oxygen atoms in total. The molecule has 0 unspecified atom stereocenters. The Bertz CT molecular complexity index is 726. The summed E-state index contributed by atoms with van der Waals surface area (Å²) in [5.74, 6) is -0.275. The van der Waals surface area contributed by atoms with E-state index in [1.807, 2.05) is 45.9 Å². The molecule has 1 aliphatic heterocycles. The fraction of sp³-hybridized carbons (Fsp3) is 0.421. The average molecular weight is 377 g/mol. The van der Waals surface area contributed by atoms with Crippen LogP contribution < -0.4 is 4.74 Å². The monoisotopic (exact) mass is 377 g/mol. The third-order valence-electron chi connectivity index (χ3n) is 3.31. The molecule has 0 radical (unpaired) electrons. The van der Waals surface area contributed by atoms with Crippen LogP contribution in [0.4, 0.5) is 4.79 Å². The lowest BCUT2D eigenvalue weighted by Gasteiger charge is -2.13. The number of benzene rings is 1. The number of esters is 1. The number of hydrogen-bond acceptors (Lipinski definition) is 6. The maximum Gasteiger partial charge on any atom is 0.326 e. The summed E-state index contributed by atoms with van der Waals surface area (Å²) in [5.41, 5.74) is 0.703. The fourth-order valence-corrected chi connectivity index (χ4v) is 3.00. The first-order valence-electron chi connectivity index (χ1n) is 8.44. The minimum absolute atomic E-state index is 0.0182. The molecule has 140 valence electrons. The number of ether oxygens (including phenoxy) is 2. The van der Waals surface area contributed by atoms with Crippen molar-refractivity contribution in [2.24, 2.45) is 5.92 Å². The van der Waals surface area contributed by atoms with Gasteiger partial charge >= 0.3 is 5.97 Å². The van der Waals surface area contributed by atoms with Crippen molar-refractivity contribution < 1.29 is 23.9 Å². The number of carbonyl (C=O) groups excluding carboxylic acids is 3. The minimum atomic E-state index is -0.592. The highest BCUT2D eigenvalue weighted by Crippen LogP contribution is 2.34. The molecule has 1 heterocycles. The van der Waals surface area contributed by atoms with Crippen LogP contribution in [0.2, 0.25) is 0 Å². The molecule has 26 heavy (non-hydrogen) atoms. The zero-order valence-corrected chi connectivity index (χ0v) is 16.2. The van der Waals surface area contributed by atoms with Crippen molar-refractivity contribution in [1.82, 2.24) is 4.90 Å². The van der Waals surface area contributed by atoms with Crippen LogP contribution in [0, 0.1) is 5.92 Å². The highest BCUT2D eigenvalue weighted by atomic mass is 32.2. The Labute approximate surface area is 157 Å². The molecule has 0 aromatic heterocycles. The lowest BCUT2D eigenvalue weighted by atomic mass is 10.2. The molecular weight excluding hydrogens is 354 g/mol. The molecule has 0 N–H and O–H groups in total. The molecule has 0 aliphatic carbocycles. The van der Waals surface area contributed by atoms with Crippen molar-refractivity contribution >= 4 is 35.0 Å². The van der Waals surface area contributed by atoms with Crippen LogP contribution in [0.3, 0.4) is 0 Å². The number of hydrogen-bond donors (Lipinski definition) is 0. The molecule has 0 saturated carbocycles. The summed E-state index contributed by atoms with van der Waals surface area (Å²) < 4.78 is 10.8. The van der Waals surface area contributed by atoms with Crippen molar-refractivity contribution in [3.8, 4) is 5.75 Å². The number of amides is 2. The number of nitrogens with zero attached hydrogens (tertiary/aromatic N) is 1. The van der Waals surface area contributed by atoms with Crippen molar-refractivity contribution in [2.45, 2.75) is 33.8 Å². The van der Waals surface area contributed by atoms with Gasteiger partial charge in [0.2, 0.25) is 0 Å². The molecule has 1 aromatic carbocycles. The van der Waals surface area contributed by atoms with Crippen molar-refractivity contribution in [2.75, 3.05) is 13.2 Å². The molecule has 2 rings (SSSR count). The Morgan fingerprint density at radius 1 is 1.19 bits per heavy atom. The SMILES string of the molecule is CC(C)COC(=O)CN1C(=O)S/C(=C\c2ccccc2OC(C)C)C1=O. The van der Waals surface area contributed by atoms with Gasteiger partial charge in [-0.15, -0.1) is 0 Å². The molecule has 1 saturated heterocycles. The first-order chi connectivity index (χ1) is 12.3. The topological polar surface area (TPSA) is 72.9 Å². The number of thioether (sulfide) groups is 1. The summed E-state index contributed by atoms with van der Waals surface area (Å²) in [6.07, 6.45) is 1.59. The summed E-state index contributed by atoms with van der Waals surface area (Å²) in [7, 11) is 0. The summed E-state index contributed by atoms with van der Waals surface area (Å²) in [4.78, 5) is 37.6. The highest BCUT2D eigenvalue weighted by molar-refractivity contribution is 8.18. The van der Waals surface area contributed by atoms with Crippen molar-refractivity contribution in [3.05, 3.63) is 34.7 Å². The second-order valence-electron chi connectivity index (χ2n) is 6.55. The average Bonchev–Trinajstić information content (AvgIpc) is 2.82. The molecular formula is C19H23NO5S. The maximum absolute atomic E-state index is 12.5. The number of imide groups is 1. The largest absolute Gasteiger partial charge is 0.490 e. The van der Waals surface area contributed by atoms with Crippen LogP contribution in [0.15, 0.2) is 29.2 Å². The van der Waals surface area contributed by atoms with Crippen LogP contribution in [-0.2, 0) is 14.3 Å². The van der Waals surface area contributed by atoms with Gasteiger partial charge in [-0.3, -0.25) is 19.3 Å². The van der Waals surface area contributed by atoms with Gasteiger partial charge < -0.3 is 9.47 Å². The van der Waals surface area contributed by atoms with Gasteiger partial charge in [0.15, 0.2) is 0 Å². The molecule has 0 bridgehead atoms. The first kappa shape index (κ1) is 20.0. The number of carbonyl (C=O) groups is 3. The maximum atomic E-state index is 12.5. The number of rotatable bonds is 7. The van der Waals surface area contributed by atoms with Gasteiger partial charge in [0.25, 0.3) is 11.1 Å². The third kappa shape index (κ3) is 5.36.